The number of ketones is 2. The maximum Gasteiger partial charge on any atom is 0.159 e. The van der Waals surface area contributed by atoms with Crippen LogP contribution in [0.15, 0.2) is 42.6 Å². The number of Topliss-reactive ketones (excluding diaryl/α,β-unsaturated/α-hetero) is 2. The topological polar surface area (TPSA) is 49.9 Å². The number of aromatic amines is 1. The monoisotopic (exact) mass is 241 g/mol. The first-order valence-electron chi connectivity index (χ1n) is 5.89. The van der Waals surface area contributed by atoms with Gasteiger partial charge in [-0.1, -0.05) is 24.3 Å². The van der Waals surface area contributed by atoms with Crippen molar-refractivity contribution in [3.63, 3.8) is 0 Å². The highest BCUT2D eigenvalue weighted by molar-refractivity contribution is 5.94. The summed E-state index contributed by atoms with van der Waals surface area (Å²) in [7, 11) is 0. The number of hydrogen-bond donors (Lipinski definition) is 1. The van der Waals surface area contributed by atoms with Crippen LogP contribution in [0, 0.1) is 0 Å². The zero-order valence-electron chi connectivity index (χ0n) is 10.3. The van der Waals surface area contributed by atoms with E-state index in [9.17, 15) is 9.59 Å². The summed E-state index contributed by atoms with van der Waals surface area (Å²) in [5.41, 5.74) is 2.55. The Kier molecular flexibility index (Phi) is 3.72. The second-order valence-electron chi connectivity index (χ2n) is 4.34. The van der Waals surface area contributed by atoms with Crippen molar-refractivity contribution in [3.05, 3.63) is 59.4 Å². The molecule has 0 aliphatic carbocycles. The zero-order valence-corrected chi connectivity index (χ0v) is 10.3. The maximum atomic E-state index is 11.8. The number of aromatic nitrogens is 1. The lowest BCUT2D eigenvalue weighted by Crippen LogP contribution is -2.07. The third-order valence-electron chi connectivity index (χ3n) is 2.81. The van der Waals surface area contributed by atoms with Crippen LogP contribution in [-0.4, -0.2) is 16.6 Å². The van der Waals surface area contributed by atoms with Gasteiger partial charge < -0.3 is 4.98 Å². The number of benzene rings is 1. The van der Waals surface area contributed by atoms with Crippen LogP contribution in [0.2, 0.25) is 0 Å². The Bertz CT molecular complexity index is 538. The van der Waals surface area contributed by atoms with Crippen LogP contribution in [0.3, 0.4) is 0 Å². The Morgan fingerprint density at radius 2 is 1.78 bits per heavy atom. The fraction of sp³-hybridized carbons (Fsp3) is 0.200. The summed E-state index contributed by atoms with van der Waals surface area (Å²) >= 11 is 0. The number of H-pyrrole nitrogens is 1. The van der Waals surface area contributed by atoms with E-state index in [4.69, 9.17) is 0 Å². The van der Waals surface area contributed by atoms with Crippen molar-refractivity contribution >= 4 is 11.6 Å². The summed E-state index contributed by atoms with van der Waals surface area (Å²) in [6.07, 6.45) is 2.63. The Morgan fingerprint density at radius 1 is 1.06 bits per heavy atom. The Hall–Kier alpha value is -2.16. The normalized spacial score (nSPS) is 10.3. The molecule has 2 aromatic rings. The number of nitrogens with one attached hydrogen (secondary N) is 1. The summed E-state index contributed by atoms with van der Waals surface area (Å²) < 4.78 is 0. The lowest BCUT2D eigenvalue weighted by atomic mass is 10.0. The van der Waals surface area contributed by atoms with E-state index < -0.39 is 0 Å². The first-order valence-corrected chi connectivity index (χ1v) is 5.89. The minimum atomic E-state index is 0.0410. The fourth-order valence-corrected chi connectivity index (χ4v) is 1.84. The predicted octanol–water partition coefficient (Wildman–Crippen LogP) is 2.57. The molecule has 1 aromatic carbocycles. The van der Waals surface area contributed by atoms with Crippen LogP contribution in [0.1, 0.15) is 28.5 Å². The van der Waals surface area contributed by atoms with E-state index >= 15 is 0 Å². The molecule has 3 nitrogen and oxygen atoms in total. The van der Waals surface area contributed by atoms with Crippen LogP contribution in [0.5, 0.6) is 0 Å². The summed E-state index contributed by atoms with van der Waals surface area (Å²) in [4.78, 5) is 25.9. The molecule has 0 bridgehead atoms. The zero-order chi connectivity index (χ0) is 13.0. The lowest BCUT2D eigenvalue weighted by molar-refractivity contribution is -0.117. The van der Waals surface area contributed by atoms with Gasteiger partial charge in [0.15, 0.2) is 5.78 Å². The third-order valence-corrected chi connectivity index (χ3v) is 2.81. The van der Waals surface area contributed by atoms with Crippen molar-refractivity contribution in [2.24, 2.45) is 0 Å². The molecule has 1 N–H and O–H groups in total. The minimum Gasteiger partial charge on any atom is -0.365 e. The standard InChI is InChI=1S/C15H15NO2/c1-11(17)13-6-4-12(5-7-13)9-15(18)10-14-3-2-8-16-14/h2-8,16H,9-10H2,1H3. The molecule has 0 saturated heterocycles. The number of hydrogen-bond acceptors (Lipinski definition) is 2. The van der Waals surface area contributed by atoms with E-state index in [2.05, 4.69) is 4.98 Å². The number of carbonyl (C=O) groups is 2. The van der Waals surface area contributed by atoms with E-state index in [0.29, 0.717) is 18.4 Å². The average molecular weight is 241 g/mol. The molecule has 0 amide bonds. The molecular weight excluding hydrogens is 226 g/mol. The van der Waals surface area contributed by atoms with Gasteiger partial charge in [-0.15, -0.1) is 0 Å². The molecule has 3 heteroatoms. The van der Waals surface area contributed by atoms with Gasteiger partial charge in [0.05, 0.1) is 0 Å². The fourth-order valence-electron chi connectivity index (χ4n) is 1.84. The van der Waals surface area contributed by atoms with E-state index in [1.54, 1.807) is 12.1 Å². The van der Waals surface area contributed by atoms with Crippen molar-refractivity contribution in [1.29, 1.82) is 0 Å². The van der Waals surface area contributed by atoms with Crippen LogP contribution in [0.4, 0.5) is 0 Å². The van der Waals surface area contributed by atoms with E-state index in [-0.39, 0.29) is 11.6 Å². The summed E-state index contributed by atoms with van der Waals surface area (Å²) in [5, 5.41) is 0. The molecule has 18 heavy (non-hydrogen) atoms. The Labute approximate surface area is 106 Å². The molecule has 1 heterocycles. The highest BCUT2D eigenvalue weighted by Crippen LogP contribution is 2.08. The van der Waals surface area contributed by atoms with Gasteiger partial charge in [0, 0.05) is 30.3 Å². The lowest BCUT2D eigenvalue weighted by Gasteiger charge is -2.02. The van der Waals surface area contributed by atoms with E-state index in [1.165, 1.54) is 6.92 Å². The van der Waals surface area contributed by atoms with Gasteiger partial charge in [0.1, 0.15) is 5.78 Å². The van der Waals surface area contributed by atoms with Gasteiger partial charge in [-0.2, -0.15) is 0 Å². The van der Waals surface area contributed by atoms with Gasteiger partial charge in [0.2, 0.25) is 0 Å². The summed E-state index contributed by atoms with van der Waals surface area (Å²) in [6, 6.07) is 11.0. The molecule has 0 aliphatic rings. The second-order valence-corrected chi connectivity index (χ2v) is 4.34. The molecule has 0 radical (unpaired) electrons. The number of rotatable bonds is 5. The van der Waals surface area contributed by atoms with Crippen molar-refractivity contribution in [2.45, 2.75) is 19.8 Å². The molecule has 0 atom stereocenters. The van der Waals surface area contributed by atoms with Gasteiger partial charge >= 0.3 is 0 Å². The maximum absolute atomic E-state index is 11.8. The van der Waals surface area contributed by atoms with Crippen molar-refractivity contribution < 1.29 is 9.59 Å². The first-order chi connectivity index (χ1) is 8.65. The molecule has 0 spiro atoms. The highest BCUT2D eigenvalue weighted by atomic mass is 16.1. The Morgan fingerprint density at radius 3 is 2.33 bits per heavy atom. The Balaban J connectivity index is 1.97. The van der Waals surface area contributed by atoms with E-state index in [1.807, 2.05) is 30.5 Å². The summed E-state index contributed by atoms with van der Waals surface area (Å²) in [6.45, 7) is 1.53. The first kappa shape index (κ1) is 12.3. The smallest absolute Gasteiger partial charge is 0.159 e. The quantitative estimate of drug-likeness (QED) is 0.818. The summed E-state index contributed by atoms with van der Waals surface area (Å²) in [5.74, 6) is 0.201. The third kappa shape index (κ3) is 3.17. The van der Waals surface area contributed by atoms with Crippen LogP contribution in [0.25, 0.3) is 0 Å². The van der Waals surface area contributed by atoms with Crippen molar-refractivity contribution in [1.82, 2.24) is 4.98 Å². The van der Waals surface area contributed by atoms with E-state index in [0.717, 1.165) is 11.3 Å². The SMILES string of the molecule is CC(=O)c1ccc(CC(=O)Cc2ccc[nH]2)cc1. The van der Waals surface area contributed by atoms with Gasteiger partial charge in [0.25, 0.3) is 0 Å². The van der Waals surface area contributed by atoms with Gasteiger partial charge in [-0.25, -0.2) is 0 Å². The van der Waals surface area contributed by atoms with Crippen LogP contribution >= 0.6 is 0 Å². The molecule has 0 unspecified atom stereocenters. The predicted molar refractivity (Wildman–Crippen MR) is 69.7 cm³/mol. The molecule has 0 aliphatic heterocycles. The van der Waals surface area contributed by atoms with Crippen molar-refractivity contribution in [3.8, 4) is 0 Å². The molecule has 1 aromatic heterocycles. The van der Waals surface area contributed by atoms with Crippen molar-refractivity contribution in [2.75, 3.05) is 0 Å². The molecule has 92 valence electrons. The minimum absolute atomic E-state index is 0.0410. The van der Waals surface area contributed by atoms with Gasteiger partial charge in [-0.05, 0) is 24.6 Å². The van der Waals surface area contributed by atoms with Crippen LogP contribution < -0.4 is 0 Å². The molecule has 2 rings (SSSR count). The largest absolute Gasteiger partial charge is 0.365 e. The number of carbonyl (C=O) groups excluding carboxylic acids is 2. The molecule has 0 saturated carbocycles. The molecule has 0 fully saturated rings. The average Bonchev–Trinajstić information content (AvgIpc) is 2.82. The second kappa shape index (κ2) is 5.45. The van der Waals surface area contributed by atoms with Crippen LogP contribution in [-0.2, 0) is 17.6 Å². The molecular formula is C15H15NO2. The highest BCUT2D eigenvalue weighted by Gasteiger charge is 2.06. The van der Waals surface area contributed by atoms with Gasteiger partial charge in [-0.3, -0.25) is 9.59 Å².